The van der Waals surface area contributed by atoms with E-state index in [1.54, 1.807) is 17.0 Å². The molecule has 1 amide bonds. The summed E-state index contributed by atoms with van der Waals surface area (Å²) in [5.41, 5.74) is 0.653. The minimum absolute atomic E-state index is 0.164. The molecule has 1 aliphatic rings. The van der Waals surface area contributed by atoms with E-state index in [0.717, 1.165) is 25.9 Å². The Morgan fingerprint density at radius 1 is 1.21 bits per heavy atom. The lowest BCUT2D eigenvalue weighted by Crippen LogP contribution is -2.31. The minimum atomic E-state index is -0.589. The Morgan fingerprint density at radius 3 is 2.54 bits per heavy atom. The molecule has 6 nitrogen and oxygen atoms in total. The van der Waals surface area contributed by atoms with Gasteiger partial charge in [-0.3, -0.25) is 4.79 Å². The Bertz CT molecular complexity index is 638. The molecule has 7 heteroatoms. The normalized spacial score (nSPS) is 14.0. The number of carbonyl (C=O) groups excluding carboxylic acids is 2. The van der Waals surface area contributed by atoms with E-state index in [9.17, 15) is 9.59 Å². The highest BCUT2D eigenvalue weighted by atomic mass is 35.5. The summed E-state index contributed by atoms with van der Waals surface area (Å²) in [6, 6.07) is 3.33. The molecule has 0 N–H and O–H groups in total. The van der Waals surface area contributed by atoms with E-state index in [1.165, 1.54) is 26.4 Å². The average molecular weight is 354 g/mol. The number of rotatable bonds is 6. The fourth-order valence-electron chi connectivity index (χ4n) is 2.44. The Labute approximate surface area is 145 Å². The van der Waals surface area contributed by atoms with Crippen LogP contribution in [0.25, 0.3) is 6.08 Å². The first-order valence-electron chi connectivity index (χ1n) is 7.59. The van der Waals surface area contributed by atoms with Gasteiger partial charge in [-0.25, -0.2) is 4.79 Å². The first-order valence-corrected chi connectivity index (χ1v) is 7.97. The summed E-state index contributed by atoms with van der Waals surface area (Å²) in [6.45, 7) is 1.22. The maximum absolute atomic E-state index is 11.8. The average Bonchev–Trinajstić information content (AvgIpc) is 3.11. The molecule has 1 aromatic rings. The van der Waals surface area contributed by atoms with Gasteiger partial charge in [0.15, 0.2) is 18.1 Å². The summed E-state index contributed by atoms with van der Waals surface area (Å²) < 4.78 is 15.3. The van der Waals surface area contributed by atoms with Gasteiger partial charge in [0.25, 0.3) is 5.91 Å². The Morgan fingerprint density at radius 2 is 1.92 bits per heavy atom. The summed E-state index contributed by atoms with van der Waals surface area (Å²) in [4.78, 5) is 25.2. The summed E-state index contributed by atoms with van der Waals surface area (Å²) in [6.07, 6.45) is 4.78. The minimum Gasteiger partial charge on any atom is -0.493 e. The smallest absolute Gasteiger partial charge is 0.331 e. The molecule has 130 valence electrons. The number of carbonyl (C=O) groups is 2. The molecule has 0 unspecified atom stereocenters. The molecule has 0 aliphatic carbocycles. The number of methoxy groups -OCH3 is 2. The molecule has 0 aromatic heterocycles. The molecule has 1 saturated heterocycles. The summed E-state index contributed by atoms with van der Waals surface area (Å²) in [5.74, 6) is 0.134. The van der Waals surface area contributed by atoms with Gasteiger partial charge >= 0.3 is 5.97 Å². The van der Waals surface area contributed by atoms with Crippen LogP contribution in [0.4, 0.5) is 0 Å². The standard InChI is InChI=1S/C17H20ClNO5/c1-22-14-10-12(9-13(18)17(14)23-2)5-6-16(21)24-11-15(20)19-7-3-4-8-19/h5-6,9-10H,3-4,7-8,11H2,1-2H3/b6-5+. The molecule has 1 heterocycles. The summed E-state index contributed by atoms with van der Waals surface area (Å²) >= 11 is 6.10. The predicted octanol–water partition coefficient (Wildman–Crippen LogP) is 2.54. The van der Waals surface area contributed by atoms with Crippen molar-refractivity contribution in [1.29, 1.82) is 0 Å². The third-order valence-corrected chi connectivity index (χ3v) is 3.95. The number of halogens is 1. The van der Waals surface area contributed by atoms with Crippen LogP contribution in [0.2, 0.25) is 5.02 Å². The van der Waals surface area contributed by atoms with Crippen molar-refractivity contribution >= 4 is 29.6 Å². The van der Waals surface area contributed by atoms with Gasteiger partial charge in [-0.05, 0) is 36.6 Å². The van der Waals surface area contributed by atoms with Gasteiger partial charge < -0.3 is 19.1 Å². The van der Waals surface area contributed by atoms with Gasteiger partial charge in [-0.15, -0.1) is 0 Å². The summed E-state index contributed by atoms with van der Waals surface area (Å²) in [5, 5.41) is 0.370. The number of ether oxygens (including phenoxy) is 3. The first-order chi connectivity index (χ1) is 11.5. The van der Waals surface area contributed by atoms with Crippen LogP contribution in [0.3, 0.4) is 0 Å². The van der Waals surface area contributed by atoms with Gasteiger partial charge in [0.05, 0.1) is 19.2 Å². The van der Waals surface area contributed by atoms with Crippen LogP contribution in [-0.4, -0.2) is 50.7 Å². The molecular formula is C17H20ClNO5. The lowest BCUT2D eigenvalue weighted by Gasteiger charge is -2.14. The Hall–Kier alpha value is -2.21. The summed E-state index contributed by atoms with van der Waals surface area (Å²) in [7, 11) is 2.99. The van der Waals surface area contributed by atoms with E-state index in [4.69, 9.17) is 25.8 Å². The molecule has 0 spiro atoms. The lowest BCUT2D eigenvalue weighted by molar-refractivity contribution is -0.147. The number of hydrogen-bond acceptors (Lipinski definition) is 5. The van der Waals surface area contributed by atoms with Gasteiger partial charge in [0, 0.05) is 19.2 Å². The van der Waals surface area contributed by atoms with Crippen molar-refractivity contribution in [2.45, 2.75) is 12.8 Å². The molecule has 24 heavy (non-hydrogen) atoms. The molecule has 1 aliphatic heterocycles. The van der Waals surface area contributed by atoms with Crippen molar-refractivity contribution in [3.05, 3.63) is 28.8 Å². The zero-order valence-corrected chi connectivity index (χ0v) is 14.5. The molecule has 1 aromatic carbocycles. The van der Waals surface area contributed by atoms with Crippen molar-refractivity contribution in [1.82, 2.24) is 4.90 Å². The van der Waals surface area contributed by atoms with Crippen LogP contribution in [0, 0.1) is 0 Å². The zero-order chi connectivity index (χ0) is 17.5. The number of hydrogen-bond donors (Lipinski definition) is 0. The molecule has 1 fully saturated rings. The van der Waals surface area contributed by atoms with E-state index >= 15 is 0 Å². The Balaban J connectivity index is 1.93. The van der Waals surface area contributed by atoms with Crippen LogP contribution in [-0.2, 0) is 14.3 Å². The van der Waals surface area contributed by atoms with Crippen LogP contribution < -0.4 is 9.47 Å². The number of nitrogens with zero attached hydrogens (tertiary/aromatic N) is 1. The van der Waals surface area contributed by atoms with Crippen LogP contribution in [0.15, 0.2) is 18.2 Å². The van der Waals surface area contributed by atoms with Crippen LogP contribution in [0.5, 0.6) is 11.5 Å². The van der Waals surface area contributed by atoms with Crippen molar-refractivity contribution in [3.8, 4) is 11.5 Å². The van der Waals surface area contributed by atoms with E-state index in [-0.39, 0.29) is 12.5 Å². The molecule has 0 bridgehead atoms. The highest BCUT2D eigenvalue weighted by Gasteiger charge is 2.18. The third kappa shape index (κ3) is 4.64. The Kier molecular flexibility index (Phi) is 6.49. The fourth-order valence-corrected chi connectivity index (χ4v) is 2.73. The second-order valence-corrected chi connectivity index (χ2v) is 5.67. The number of amides is 1. The first kappa shape index (κ1) is 18.1. The second-order valence-electron chi connectivity index (χ2n) is 5.27. The fraction of sp³-hybridized carbons (Fsp3) is 0.412. The van der Waals surface area contributed by atoms with E-state index in [0.29, 0.717) is 22.1 Å². The molecular weight excluding hydrogens is 334 g/mol. The van der Waals surface area contributed by atoms with E-state index < -0.39 is 5.97 Å². The van der Waals surface area contributed by atoms with Crippen molar-refractivity contribution < 1.29 is 23.8 Å². The van der Waals surface area contributed by atoms with Crippen molar-refractivity contribution in [2.24, 2.45) is 0 Å². The topological polar surface area (TPSA) is 65.1 Å². The van der Waals surface area contributed by atoms with Gasteiger partial charge in [-0.1, -0.05) is 11.6 Å². The maximum Gasteiger partial charge on any atom is 0.331 e. The van der Waals surface area contributed by atoms with Gasteiger partial charge in [0.1, 0.15) is 0 Å². The second kappa shape index (κ2) is 8.59. The zero-order valence-electron chi connectivity index (χ0n) is 13.7. The van der Waals surface area contributed by atoms with E-state index in [1.807, 2.05) is 0 Å². The van der Waals surface area contributed by atoms with Crippen molar-refractivity contribution in [3.63, 3.8) is 0 Å². The SMILES string of the molecule is COc1cc(/C=C/C(=O)OCC(=O)N2CCCC2)cc(Cl)c1OC. The molecule has 0 atom stereocenters. The highest BCUT2D eigenvalue weighted by molar-refractivity contribution is 6.32. The molecule has 0 radical (unpaired) electrons. The largest absolute Gasteiger partial charge is 0.493 e. The number of benzene rings is 1. The lowest BCUT2D eigenvalue weighted by atomic mass is 10.2. The van der Waals surface area contributed by atoms with E-state index in [2.05, 4.69) is 0 Å². The van der Waals surface area contributed by atoms with Crippen LogP contribution in [0.1, 0.15) is 18.4 Å². The number of esters is 1. The molecule has 2 rings (SSSR count). The van der Waals surface area contributed by atoms with Crippen molar-refractivity contribution in [2.75, 3.05) is 33.9 Å². The monoisotopic (exact) mass is 353 g/mol. The maximum atomic E-state index is 11.8. The highest BCUT2D eigenvalue weighted by Crippen LogP contribution is 2.36. The predicted molar refractivity (Wildman–Crippen MR) is 90.4 cm³/mol. The molecule has 0 saturated carbocycles. The van der Waals surface area contributed by atoms with Crippen LogP contribution >= 0.6 is 11.6 Å². The van der Waals surface area contributed by atoms with Gasteiger partial charge in [0.2, 0.25) is 0 Å². The van der Waals surface area contributed by atoms with Gasteiger partial charge in [-0.2, -0.15) is 0 Å². The quantitative estimate of drug-likeness (QED) is 0.581. The third-order valence-electron chi connectivity index (χ3n) is 3.66. The number of likely N-dealkylation sites (tertiary alicyclic amines) is 1.